The molecular formula is C42H38FN5O3S. The Labute approximate surface area is 305 Å². The smallest absolute Gasteiger partial charge is 0.259 e. The lowest BCUT2D eigenvalue weighted by atomic mass is 9.73. The highest BCUT2D eigenvalue weighted by molar-refractivity contribution is 7.19. The van der Waals surface area contributed by atoms with Crippen LogP contribution >= 0.6 is 11.3 Å². The zero-order valence-electron chi connectivity index (χ0n) is 29.1. The van der Waals surface area contributed by atoms with Gasteiger partial charge in [0.25, 0.3) is 11.8 Å². The number of hydrogen-bond donors (Lipinski definition) is 2. The fourth-order valence-electron chi connectivity index (χ4n) is 7.96. The standard InChI is InChI=1S/C42H38FN5O3S/c1-25-3-10-35-32(17-25)34(22-44-35)37-19-28-11-14-48(36-20-29(43)6-9-31(36)38(28)52-37)41(50)27-4-7-30(8-5-27)46-40(49)33-18-26(2)21-45-39(33)47-23-42(24-47)12-15-51-16-13-42/h3-10,17-22,44H,11-16,23-24H2,1-2H3,(H,46,49). The highest BCUT2D eigenvalue weighted by Crippen LogP contribution is 2.46. The molecule has 0 saturated carbocycles. The molecule has 0 radical (unpaired) electrons. The van der Waals surface area contributed by atoms with Crippen LogP contribution < -0.4 is 15.1 Å². The molecule has 52 heavy (non-hydrogen) atoms. The number of amides is 2. The second kappa shape index (κ2) is 12.7. The van der Waals surface area contributed by atoms with Crippen molar-refractivity contribution in [3.63, 3.8) is 0 Å². The van der Waals surface area contributed by atoms with Gasteiger partial charge in [-0.15, -0.1) is 11.3 Å². The van der Waals surface area contributed by atoms with Crippen molar-refractivity contribution < 1.29 is 18.7 Å². The van der Waals surface area contributed by atoms with E-state index in [4.69, 9.17) is 4.74 Å². The summed E-state index contributed by atoms with van der Waals surface area (Å²) in [6.45, 7) is 7.72. The van der Waals surface area contributed by atoms with Crippen molar-refractivity contribution in [2.24, 2.45) is 5.41 Å². The molecule has 2 N–H and O–H groups in total. The van der Waals surface area contributed by atoms with Gasteiger partial charge in [-0.05, 0) is 111 Å². The third-order valence-corrected chi connectivity index (χ3v) is 12.0. The molecule has 9 rings (SSSR count). The quantitative estimate of drug-likeness (QED) is 0.187. The summed E-state index contributed by atoms with van der Waals surface area (Å²) in [5, 5.41) is 4.19. The Morgan fingerprint density at radius 1 is 0.942 bits per heavy atom. The number of pyridine rings is 1. The summed E-state index contributed by atoms with van der Waals surface area (Å²) in [5.41, 5.74) is 8.65. The number of anilines is 3. The van der Waals surface area contributed by atoms with Crippen molar-refractivity contribution >= 4 is 51.2 Å². The van der Waals surface area contributed by atoms with Gasteiger partial charge in [-0.3, -0.25) is 9.59 Å². The van der Waals surface area contributed by atoms with Gasteiger partial charge in [0.2, 0.25) is 0 Å². The van der Waals surface area contributed by atoms with Crippen LogP contribution in [0.15, 0.2) is 85.2 Å². The van der Waals surface area contributed by atoms with E-state index in [1.165, 1.54) is 23.1 Å². The Bertz CT molecular complexity index is 2370. The Morgan fingerprint density at radius 3 is 2.56 bits per heavy atom. The van der Waals surface area contributed by atoms with Gasteiger partial charge in [0, 0.05) is 93.7 Å². The molecule has 0 unspecified atom stereocenters. The molecule has 8 nitrogen and oxygen atoms in total. The highest BCUT2D eigenvalue weighted by Gasteiger charge is 2.45. The summed E-state index contributed by atoms with van der Waals surface area (Å²) in [7, 11) is 0. The Morgan fingerprint density at radius 2 is 1.75 bits per heavy atom. The van der Waals surface area contributed by atoms with Crippen molar-refractivity contribution in [3.05, 3.63) is 119 Å². The zero-order chi connectivity index (χ0) is 35.6. The number of aromatic nitrogens is 2. The number of carbonyl (C=O) groups excluding carboxylic acids is 2. The maximum absolute atomic E-state index is 14.8. The SMILES string of the molecule is Cc1cnc(N2CC3(CCOCC3)C2)c(C(=O)Nc2ccc(C(=O)N3CCc4cc(-c5c[nH]c6ccc(C)cc56)sc4-c4ccc(F)cc43)cc2)c1. The molecule has 2 saturated heterocycles. The van der Waals surface area contributed by atoms with Crippen LogP contribution in [0.1, 0.15) is 50.2 Å². The highest BCUT2D eigenvalue weighted by atomic mass is 32.1. The van der Waals surface area contributed by atoms with Crippen LogP contribution in [0.25, 0.3) is 31.8 Å². The molecular weight excluding hydrogens is 674 g/mol. The third kappa shape index (κ3) is 5.76. The Hall–Kier alpha value is -5.32. The number of fused-ring (bicyclic) bond motifs is 4. The molecule has 3 aliphatic heterocycles. The van der Waals surface area contributed by atoms with E-state index < -0.39 is 5.82 Å². The van der Waals surface area contributed by atoms with Gasteiger partial charge in [0.15, 0.2) is 0 Å². The molecule has 0 aliphatic carbocycles. The molecule has 3 aromatic heterocycles. The van der Waals surface area contributed by atoms with Gasteiger partial charge in [0.1, 0.15) is 11.6 Å². The number of rotatable bonds is 5. The number of benzene rings is 3. The maximum Gasteiger partial charge on any atom is 0.259 e. The average Bonchev–Trinajstić information content (AvgIpc) is 3.71. The van der Waals surface area contributed by atoms with Crippen LogP contribution in [-0.4, -0.2) is 54.6 Å². The first kappa shape index (κ1) is 32.6. The number of nitrogens with one attached hydrogen (secondary N) is 2. The van der Waals surface area contributed by atoms with Crippen molar-refractivity contribution in [3.8, 4) is 20.9 Å². The van der Waals surface area contributed by atoms with Crippen molar-refractivity contribution in [2.75, 3.05) is 48.0 Å². The summed E-state index contributed by atoms with van der Waals surface area (Å²) in [6.07, 6.45) is 6.54. The molecule has 3 aromatic carbocycles. The number of aromatic amines is 1. The molecule has 2 fully saturated rings. The lowest BCUT2D eigenvalue weighted by molar-refractivity contribution is -0.000510. The van der Waals surface area contributed by atoms with Crippen molar-refractivity contribution in [1.82, 2.24) is 9.97 Å². The number of halogens is 1. The molecule has 10 heteroatoms. The third-order valence-electron chi connectivity index (χ3n) is 10.8. The van der Waals surface area contributed by atoms with E-state index >= 15 is 0 Å². The normalized spacial score (nSPS) is 16.3. The van der Waals surface area contributed by atoms with E-state index in [9.17, 15) is 14.0 Å². The minimum absolute atomic E-state index is 0.225. The predicted octanol–water partition coefficient (Wildman–Crippen LogP) is 8.79. The Balaban J connectivity index is 0.947. The summed E-state index contributed by atoms with van der Waals surface area (Å²) in [4.78, 5) is 41.8. The number of hydrogen-bond acceptors (Lipinski definition) is 6. The number of H-pyrrole nitrogens is 1. The monoisotopic (exact) mass is 711 g/mol. The van der Waals surface area contributed by atoms with Crippen LogP contribution in [0.3, 0.4) is 0 Å². The topological polar surface area (TPSA) is 90.6 Å². The molecule has 262 valence electrons. The fourth-order valence-corrected chi connectivity index (χ4v) is 9.24. The van der Waals surface area contributed by atoms with Crippen LogP contribution in [0, 0.1) is 25.1 Å². The number of aryl methyl sites for hydroxylation is 2. The van der Waals surface area contributed by atoms with E-state index in [0.717, 1.165) is 76.7 Å². The number of thiophene rings is 1. The van der Waals surface area contributed by atoms with Gasteiger partial charge >= 0.3 is 0 Å². The van der Waals surface area contributed by atoms with Gasteiger partial charge in [-0.2, -0.15) is 0 Å². The van der Waals surface area contributed by atoms with E-state index in [0.29, 0.717) is 41.3 Å². The zero-order valence-corrected chi connectivity index (χ0v) is 29.9. The molecule has 0 atom stereocenters. The minimum atomic E-state index is -0.395. The van der Waals surface area contributed by atoms with E-state index in [2.05, 4.69) is 51.4 Å². The second-order valence-electron chi connectivity index (χ2n) is 14.5. The van der Waals surface area contributed by atoms with Crippen LogP contribution in [0.5, 0.6) is 0 Å². The minimum Gasteiger partial charge on any atom is -0.381 e. The molecule has 1 spiro atoms. The molecule has 3 aliphatic rings. The summed E-state index contributed by atoms with van der Waals surface area (Å²) < 4.78 is 20.4. The van der Waals surface area contributed by atoms with Gasteiger partial charge < -0.3 is 24.8 Å². The van der Waals surface area contributed by atoms with Gasteiger partial charge in [0.05, 0.1) is 11.3 Å². The first-order valence-electron chi connectivity index (χ1n) is 17.8. The average molecular weight is 712 g/mol. The van der Waals surface area contributed by atoms with Crippen LogP contribution in [-0.2, 0) is 11.2 Å². The van der Waals surface area contributed by atoms with E-state index in [-0.39, 0.29) is 17.2 Å². The van der Waals surface area contributed by atoms with E-state index in [1.807, 2.05) is 19.2 Å². The molecule has 6 aromatic rings. The number of carbonyl (C=O) groups is 2. The van der Waals surface area contributed by atoms with E-state index in [1.54, 1.807) is 52.8 Å². The fraction of sp³-hybridized carbons (Fsp3) is 0.262. The summed E-state index contributed by atoms with van der Waals surface area (Å²) >= 11 is 1.67. The number of nitrogens with zero attached hydrogens (tertiary/aromatic N) is 3. The predicted molar refractivity (Wildman–Crippen MR) is 205 cm³/mol. The summed E-state index contributed by atoms with van der Waals surface area (Å²) in [6, 6.07) is 22.1. The first-order chi connectivity index (χ1) is 25.2. The van der Waals surface area contributed by atoms with Crippen molar-refractivity contribution in [1.29, 1.82) is 0 Å². The Kier molecular flexibility index (Phi) is 7.97. The molecule has 6 heterocycles. The van der Waals surface area contributed by atoms with Gasteiger partial charge in [-0.25, -0.2) is 9.37 Å². The van der Waals surface area contributed by atoms with Crippen molar-refractivity contribution in [2.45, 2.75) is 33.1 Å². The van der Waals surface area contributed by atoms with Crippen LogP contribution in [0.4, 0.5) is 21.6 Å². The second-order valence-corrected chi connectivity index (χ2v) is 15.5. The maximum atomic E-state index is 14.8. The largest absolute Gasteiger partial charge is 0.381 e. The number of ether oxygens (including phenoxy) is 1. The lowest BCUT2D eigenvalue weighted by Gasteiger charge is -2.53. The molecule has 0 bridgehead atoms. The lowest BCUT2D eigenvalue weighted by Crippen LogP contribution is -2.59. The first-order valence-corrected chi connectivity index (χ1v) is 18.6. The molecule has 2 amide bonds. The van der Waals surface area contributed by atoms with Gasteiger partial charge in [-0.1, -0.05) is 11.6 Å². The summed E-state index contributed by atoms with van der Waals surface area (Å²) in [5.74, 6) is -0.176. The van der Waals surface area contributed by atoms with Crippen LogP contribution in [0.2, 0.25) is 0 Å².